The maximum atomic E-state index is 12.2. The average molecular weight is 383 g/mol. The van der Waals surface area contributed by atoms with Crippen LogP contribution in [0, 0.1) is 5.92 Å². The van der Waals surface area contributed by atoms with Gasteiger partial charge >= 0.3 is 0 Å². The van der Waals surface area contributed by atoms with Gasteiger partial charge in [-0.3, -0.25) is 4.79 Å². The van der Waals surface area contributed by atoms with E-state index in [-0.39, 0.29) is 11.9 Å². The Bertz CT molecular complexity index is 717. The maximum absolute atomic E-state index is 12.2. The van der Waals surface area contributed by atoms with Gasteiger partial charge in [0.25, 0.3) is 0 Å². The molecular formula is C23H30N2OS. The van der Waals surface area contributed by atoms with E-state index in [0.29, 0.717) is 6.42 Å². The molecule has 3 nitrogen and oxygen atoms in total. The number of carbonyl (C=O) groups excluding carboxylic acids is 1. The fourth-order valence-corrected chi connectivity index (χ4v) is 4.45. The van der Waals surface area contributed by atoms with Gasteiger partial charge < -0.3 is 10.2 Å². The lowest BCUT2D eigenvalue weighted by atomic mass is 9.99. The first kappa shape index (κ1) is 19.8. The molecule has 0 aromatic heterocycles. The van der Waals surface area contributed by atoms with E-state index in [1.165, 1.54) is 23.4 Å². The monoisotopic (exact) mass is 382 g/mol. The van der Waals surface area contributed by atoms with E-state index in [9.17, 15) is 4.79 Å². The third-order valence-corrected chi connectivity index (χ3v) is 6.15. The summed E-state index contributed by atoms with van der Waals surface area (Å²) >= 11 is 1.72. The highest BCUT2D eigenvalue weighted by atomic mass is 32.2. The first-order chi connectivity index (χ1) is 13.1. The van der Waals surface area contributed by atoms with Crippen molar-refractivity contribution in [2.24, 2.45) is 5.92 Å². The highest BCUT2D eigenvalue weighted by Crippen LogP contribution is 2.25. The molecular weight excluding hydrogens is 352 g/mol. The van der Waals surface area contributed by atoms with Crippen LogP contribution in [0.3, 0.4) is 0 Å². The Balaban J connectivity index is 1.45. The summed E-state index contributed by atoms with van der Waals surface area (Å²) in [7, 11) is 0. The van der Waals surface area contributed by atoms with Crippen molar-refractivity contribution in [3.8, 4) is 0 Å². The number of thioether (sulfide) groups is 1. The topological polar surface area (TPSA) is 32.3 Å². The van der Waals surface area contributed by atoms with Crippen molar-refractivity contribution in [2.75, 3.05) is 23.7 Å². The molecule has 0 saturated carbocycles. The van der Waals surface area contributed by atoms with Gasteiger partial charge in [0.1, 0.15) is 0 Å². The highest BCUT2D eigenvalue weighted by Gasteiger charge is 2.17. The fourth-order valence-electron chi connectivity index (χ4n) is 3.57. The summed E-state index contributed by atoms with van der Waals surface area (Å²) in [6.45, 7) is 6.67. The van der Waals surface area contributed by atoms with Crippen LogP contribution in [-0.4, -0.2) is 24.7 Å². The zero-order chi connectivity index (χ0) is 19.1. The number of nitrogens with one attached hydrogen (secondary N) is 1. The lowest BCUT2D eigenvalue weighted by Gasteiger charge is -2.33. The Morgan fingerprint density at radius 3 is 2.63 bits per heavy atom. The molecule has 0 aliphatic carbocycles. The fraction of sp³-hybridized carbons (Fsp3) is 0.435. The SMILES string of the molecule is C[C@H]1CCCN(c2ccc([C@@H](C)NC(=O)CCSc3ccccc3)cc2)C1. The summed E-state index contributed by atoms with van der Waals surface area (Å²) in [6.07, 6.45) is 3.14. The van der Waals surface area contributed by atoms with Crippen LogP contribution < -0.4 is 10.2 Å². The number of nitrogens with zero attached hydrogens (tertiary/aromatic N) is 1. The number of piperidine rings is 1. The molecule has 2 atom stereocenters. The van der Waals surface area contributed by atoms with E-state index in [4.69, 9.17) is 0 Å². The molecule has 0 unspecified atom stereocenters. The van der Waals surface area contributed by atoms with Crippen molar-refractivity contribution >= 4 is 23.4 Å². The van der Waals surface area contributed by atoms with Gasteiger partial charge in [0.15, 0.2) is 0 Å². The molecule has 2 aromatic carbocycles. The molecule has 3 rings (SSSR count). The van der Waals surface area contributed by atoms with Crippen LogP contribution in [-0.2, 0) is 4.79 Å². The summed E-state index contributed by atoms with van der Waals surface area (Å²) in [4.78, 5) is 15.9. The minimum Gasteiger partial charge on any atom is -0.371 e. The average Bonchev–Trinajstić information content (AvgIpc) is 2.69. The quantitative estimate of drug-likeness (QED) is 0.661. The van der Waals surface area contributed by atoms with Gasteiger partial charge in [0.2, 0.25) is 5.91 Å². The second-order valence-corrected chi connectivity index (χ2v) is 8.65. The second-order valence-electron chi connectivity index (χ2n) is 7.49. The first-order valence-electron chi connectivity index (χ1n) is 9.94. The van der Waals surface area contributed by atoms with Crippen LogP contribution in [0.1, 0.15) is 44.7 Å². The predicted molar refractivity (Wildman–Crippen MR) is 115 cm³/mol. The number of rotatable bonds is 7. The highest BCUT2D eigenvalue weighted by molar-refractivity contribution is 7.99. The number of benzene rings is 2. The number of amides is 1. The van der Waals surface area contributed by atoms with E-state index >= 15 is 0 Å². The molecule has 2 aromatic rings. The number of anilines is 1. The van der Waals surface area contributed by atoms with Crippen LogP contribution in [0.4, 0.5) is 5.69 Å². The Morgan fingerprint density at radius 2 is 1.93 bits per heavy atom. The number of carbonyl (C=O) groups is 1. The van der Waals surface area contributed by atoms with Gasteiger partial charge in [-0.05, 0) is 55.5 Å². The van der Waals surface area contributed by atoms with Crippen LogP contribution >= 0.6 is 11.8 Å². The first-order valence-corrected chi connectivity index (χ1v) is 10.9. The third kappa shape index (κ3) is 6.03. The summed E-state index contributed by atoms with van der Waals surface area (Å²) < 4.78 is 0. The van der Waals surface area contributed by atoms with Crippen LogP contribution in [0.25, 0.3) is 0 Å². The summed E-state index contributed by atoms with van der Waals surface area (Å²) in [5, 5.41) is 3.12. The molecule has 27 heavy (non-hydrogen) atoms. The standard InChI is InChI=1S/C23H30N2OS/c1-18-7-6-15-25(17-18)21-12-10-20(11-13-21)19(2)24-23(26)14-16-27-22-8-4-3-5-9-22/h3-5,8-13,18-19H,6-7,14-17H2,1-2H3,(H,24,26)/t18-,19+/m0/s1. The van der Waals surface area contributed by atoms with Crippen molar-refractivity contribution in [1.29, 1.82) is 0 Å². The van der Waals surface area contributed by atoms with Crippen molar-refractivity contribution in [3.63, 3.8) is 0 Å². The van der Waals surface area contributed by atoms with Gasteiger partial charge in [0.05, 0.1) is 6.04 Å². The van der Waals surface area contributed by atoms with Crippen molar-refractivity contribution in [3.05, 3.63) is 60.2 Å². The summed E-state index contributed by atoms with van der Waals surface area (Å²) in [5.74, 6) is 1.68. The minimum atomic E-state index is 0.0357. The molecule has 1 fully saturated rings. The molecule has 144 valence electrons. The largest absolute Gasteiger partial charge is 0.371 e. The molecule has 1 saturated heterocycles. The van der Waals surface area contributed by atoms with Crippen molar-refractivity contribution in [2.45, 2.75) is 44.0 Å². The van der Waals surface area contributed by atoms with Gasteiger partial charge in [-0.1, -0.05) is 37.3 Å². The minimum absolute atomic E-state index is 0.0357. The van der Waals surface area contributed by atoms with E-state index in [2.05, 4.69) is 60.5 Å². The van der Waals surface area contributed by atoms with E-state index < -0.39 is 0 Å². The molecule has 4 heteroatoms. The van der Waals surface area contributed by atoms with E-state index in [1.54, 1.807) is 11.8 Å². The molecule has 1 aliphatic rings. The van der Waals surface area contributed by atoms with Gasteiger partial charge in [-0.25, -0.2) is 0 Å². The van der Waals surface area contributed by atoms with Crippen LogP contribution in [0.15, 0.2) is 59.5 Å². The van der Waals surface area contributed by atoms with E-state index in [0.717, 1.165) is 30.3 Å². The normalized spacial score (nSPS) is 18.1. The molecule has 1 heterocycles. The Hall–Kier alpha value is -1.94. The molecule has 0 bridgehead atoms. The Kier molecular flexibility index (Phi) is 7.22. The summed E-state index contributed by atoms with van der Waals surface area (Å²) in [5.41, 5.74) is 2.45. The van der Waals surface area contributed by atoms with Gasteiger partial charge in [-0.15, -0.1) is 11.8 Å². The van der Waals surface area contributed by atoms with Crippen LogP contribution in [0.5, 0.6) is 0 Å². The van der Waals surface area contributed by atoms with E-state index in [1.807, 2.05) is 18.2 Å². The second kappa shape index (κ2) is 9.84. The molecule has 1 N–H and O–H groups in total. The molecule has 0 spiro atoms. The Labute approximate surface area is 167 Å². The lowest BCUT2D eigenvalue weighted by Crippen LogP contribution is -2.34. The Morgan fingerprint density at radius 1 is 1.19 bits per heavy atom. The van der Waals surface area contributed by atoms with Crippen molar-refractivity contribution in [1.82, 2.24) is 5.32 Å². The zero-order valence-electron chi connectivity index (χ0n) is 16.4. The van der Waals surface area contributed by atoms with Gasteiger partial charge in [0, 0.05) is 35.8 Å². The van der Waals surface area contributed by atoms with Crippen molar-refractivity contribution < 1.29 is 4.79 Å². The zero-order valence-corrected chi connectivity index (χ0v) is 17.2. The molecule has 1 amide bonds. The summed E-state index contributed by atoms with van der Waals surface area (Å²) in [6, 6.07) is 19.0. The number of hydrogen-bond donors (Lipinski definition) is 1. The molecule has 0 radical (unpaired) electrons. The lowest BCUT2D eigenvalue weighted by molar-refractivity contribution is -0.121. The molecule has 1 aliphatic heterocycles. The van der Waals surface area contributed by atoms with Gasteiger partial charge in [-0.2, -0.15) is 0 Å². The smallest absolute Gasteiger partial charge is 0.221 e. The number of hydrogen-bond acceptors (Lipinski definition) is 3. The predicted octanol–water partition coefficient (Wildman–Crippen LogP) is 5.28. The third-order valence-electron chi connectivity index (χ3n) is 5.13. The van der Waals surface area contributed by atoms with Crippen LogP contribution in [0.2, 0.25) is 0 Å². The maximum Gasteiger partial charge on any atom is 0.221 e.